The van der Waals surface area contributed by atoms with Crippen LogP contribution in [0, 0.1) is 18.3 Å². The van der Waals surface area contributed by atoms with Crippen LogP contribution in [0.1, 0.15) is 27.2 Å². The maximum Gasteiger partial charge on any atom is 0.255 e. The molecule has 0 aliphatic rings. The molecule has 0 atom stereocenters. The fraction of sp³-hybridized carbons (Fsp3) is 0.105. The second kappa shape index (κ2) is 6.80. The Labute approximate surface area is 140 Å². The van der Waals surface area contributed by atoms with Gasteiger partial charge in [0.15, 0.2) is 0 Å². The van der Waals surface area contributed by atoms with Gasteiger partial charge in [0.2, 0.25) is 0 Å². The van der Waals surface area contributed by atoms with Crippen molar-refractivity contribution < 1.29 is 4.79 Å². The van der Waals surface area contributed by atoms with Gasteiger partial charge in [-0.1, -0.05) is 30.3 Å². The van der Waals surface area contributed by atoms with Crippen molar-refractivity contribution in [3.05, 3.63) is 83.2 Å². The summed E-state index contributed by atoms with van der Waals surface area (Å²) in [6, 6.07) is 18.9. The van der Waals surface area contributed by atoms with Crippen LogP contribution in [0.5, 0.6) is 0 Å². The van der Waals surface area contributed by atoms with Crippen molar-refractivity contribution in [3.8, 4) is 11.8 Å². The highest BCUT2D eigenvalue weighted by Gasteiger charge is 2.14. The third-order valence-electron chi connectivity index (χ3n) is 3.79. The summed E-state index contributed by atoms with van der Waals surface area (Å²) >= 11 is 0. The molecule has 5 heteroatoms. The highest BCUT2D eigenvalue weighted by atomic mass is 16.1. The van der Waals surface area contributed by atoms with Crippen LogP contribution in [0.25, 0.3) is 5.69 Å². The summed E-state index contributed by atoms with van der Waals surface area (Å²) in [4.78, 5) is 12.4. The van der Waals surface area contributed by atoms with Crippen molar-refractivity contribution in [2.24, 2.45) is 0 Å². The van der Waals surface area contributed by atoms with Gasteiger partial charge in [-0.3, -0.25) is 4.79 Å². The molecule has 1 aromatic heterocycles. The molecule has 0 bridgehead atoms. The lowest BCUT2D eigenvalue weighted by molar-refractivity contribution is 0.0950. The van der Waals surface area contributed by atoms with Gasteiger partial charge in [0.05, 0.1) is 34.8 Å². The first-order chi connectivity index (χ1) is 11.7. The molecular weight excluding hydrogens is 300 g/mol. The first-order valence-electron chi connectivity index (χ1n) is 7.56. The minimum Gasteiger partial charge on any atom is -0.348 e. The quantitative estimate of drug-likeness (QED) is 0.804. The number of nitrogens with one attached hydrogen (secondary N) is 1. The smallest absolute Gasteiger partial charge is 0.255 e. The molecule has 1 N–H and O–H groups in total. The van der Waals surface area contributed by atoms with E-state index in [1.165, 1.54) is 0 Å². The maximum atomic E-state index is 12.4. The van der Waals surface area contributed by atoms with Crippen LogP contribution in [-0.4, -0.2) is 15.7 Å². The van der Waals surface area contributed by atoms with Crippen LogP contribution in [0.3, 0.4) is 0 Å². The molecule has 2 aromatic carbocycles. The second-order valence-electron chi connectivity index (χ2n) is 5.38. The molecule has 118 valence electrons. The molecule has 0 radical (unpaired) electrons. The fourth-order valence-electron chi connectivity index (χ4n) is 2.44. The number of benzene rings is 2. The van der Waals surface area contributed by atoms with Crippen LogP contribution in [-0.2, 0) is 6.54 Å². The number of hydrogen-bond donors (Lipinski definition) is 1. The normalized spacial score (nSPS) is 10.2. The molecule has 0 spiro atoms. The molecule has 5 nitrogen and oxygen atoms in total. The number of hydrogen-bond acceptors (Lipinski definition) is 3. The zero-order chi connectivity index (χ0) is 16.9. The Morgan fingerprint density at radius 2 is 1.88 bits per heavy atom. The standard InChI is InChI=1S/C19H16N4O/c1-14-18(13-22-23(14)17-5-3-2-4-6-17)19(24)21-12-16-9-7-15(11-20)8-10-16/h2-10,13H,12H2,1H3,(H,21,24). The van der Waals surface area contributed by atoms with Gasteiger partial charge in [0.25, 0.3) is 5.91 Å². The van der Waals surface area contributed by atoms with Crippen molar-refractivity contribution in [3.63, 3.8) is 0 Å². The summed E-state index contributed by atoms with van der Waals surface area (Å²) in [5.74, 6) is -0.168. The monoisotopic (exact) mass is 316 g/mol. The van der Waals surface area contributed by atoms with E-state index in [1.54, 1.807) is 23.0 Å². The Morgan fingerprint density at radius 3 is 2.54 bits per heavy atom. The number of rotatable bonds is 4. The Morgan fingerprint density at radius 1 is 1.17 bits per heavy atom. The molecule has 3 rings (SSSR count). The lowest BCUT2D eigenvalue weighted by Crippen LogP contribution is -2.23. The third kappa shape index (κ3) is 3.18. The Balaban J connectivity index is 1.71. The van der Waals surface area contributed by atoms with Crippen LogP contribution < -0.4 is 5.32 Å². The average Bonchev–Trinajstić information content (AvgIpc) is 3.02. The molecule has 0 fully saturated rings. The number of nitrogens with zero attached hydrogens (tertiary/aromatic N) is 3. The fourth-order valence-corrected chi connectivity index (χ4v) is 2.44. The number of carbonyl (C=O) groups excluding carboxylic acids is 1. The van der Waals surface area contributed by atoms with Gasteiger partial charge in [0.1, 0.15) is 0 Å². The highest BCUT2D eigenvalue weighted by Crippen LogP contribution is 2.14. The summed E-state index contributed by atoms with van der Waals surface area (Å²) < 4.78 is 1.75. The SMILES string of the molecule is Cc1c(C(=O)NCc2ccc(C#N)cc2)cnn1-c1ccccc1. The molecular formula is C19H16N4O. The summed E-state index contributed by atoms with van der Waals surface area (Å²) in [5, 5.41) is 16.0. The molecule has 0 aliphatic carbocycles. The predicted octanol–water partition coefficient (Wildman–Crippen LogP) is 2.98. The average molecular weight is 316 g/mol. The molecule has 1 amide bonds. The van der Waals surface area contributed by atoms with E-state index in [1.807, 2.05) is 49.4 Å². The first kappa shape index (κ1) is 15.5. The zero-order valence-corrected chi connectivity index (χ0v) is 13.2. The van der Waals surface area contributed by atoms with Crippen LogP contribution in [0.2, 0.25) is 0 Å². The highest BCUT2D eigenvalue weighted by molar-refractivity contribution is 5.95. The van der Waals surface area contributed by atoms with E-state index in [2.05, 4.69) is 16.5 Å². The molecule has 0 saturated heterocycles. The molecule has 24 heavy (non-hydrogen) atoms. The van der Waals surface area contributed by atoms with Crippen LogP contribution in [0.4, 0.5) is 0 Å². The minimum absolute atomic E-state index is 0.168. The Kier molecular flexibility index (Phi) is 4.39. The summed E-state index contributed by atoms with van der Waals surface area (Å²) in [7, 11) is 0. The molecule has 0 saturated carbocycles. The van der Waals surface area contributed by atoms with Gasteiger partial charge in [-0.05, 0) is 36.8 Å². The van der Waals surface area contributed by atoms with E-state index >= 15 is 0 Å². The van der Waals surface area contributed by atoms with Gasteiger partial charge >= 0.3 is 0 Å². The van der Waals surface area contributed by atoms with Gasteiger partial charge in [-0.2, -0.15) is 10.4 Å². The second-order valence-corrected chi connectivity index (χ2v) is 5.38. The lowest BCUT2D eigenvalue weighted by Gasteiger charge is -2.07. The van der Waals surface area contributed by atoms with Gasteiger partial charge < -0.3 is 5.32 Å². The van der Waals surface area contributed by atoms with E-state index in [0.717, 1.165) is 16.9 Å². The van der Waals surface area contributed by atoms with Crippen LogP contribution in [0.15, 0.2) is 60.8 Å². The summed E-state index contributed by atoms with van der Waals surface area (Å²) in [5.41, 5.74) is 3.80. The number of amides is 1. The van der Waals surface area contributed by atoms with E-state index in [0.29, 0.717) is 17.7 Å². The van der Waals surface area contributed by atoms with Gasteiger partial charge in [-0.15, -0.1) is 0 Å². The first-order valence-corrected chi connectivity index (χ1v) is 7.56. The van der Waals surface area contributed by atoms with E-state index in [9.17, 15) is 4.79 Å². The third-order valence-corrected chi connectivity index (χ3v) is 3.79. The topological polar surface area (TPSA) is 70.7 Å². The van der Waals surface area contributed by atoms with Crippen molar-refractivity contribution in [2.75, 3.05) is 0 Å². The molecule has 0 aliphatic heterocycles. The van der Waals surface area contributed by atoms with E-state index in [4.69, 9.17) is 5.26 Å². The number of aromatic nitrogens is 2. The Bertz CT molecular complexity index is 889. The van der Waals surface area contributed by atoms with Crippen molar-refractivity contribution in [2.45, 2.75) is 13.5 Å². The summed E-state index contributed by atoms with van der Waals surface area (Å²) in [6.45, 7) is 2.27. The van der Waals surface area contributed by atoms with Gasteiger partial charge in [-0.25, -0.2) is 4.68 Å². The zero-order valence-electron chi connectivity index (χ0n) is 13.2. The van der Waals surface area contributed by atoms with Crippen molar-refractivity contribution in [1.82, 2.24) is 15.1 Å². The van der Waals surface area contributed by atoms with E-state index in [-0.39, 0.29) is 5.91 Å². The minimum atomic E-state index is -0.168. The van der Waals surface area contributed by atoms with Gasteiger partial charge in [0, 0.05) is 6.54 Å². The van der Waals surface area contributed by atoms with Crippen molar-refractivity contribution >= 4 is 5.91 Å². The number of para-hydroxylation sites is 1. The molecule has 0 unspecified atom stereocenters. The largest absolute Gasteiger partial charge is 0.348 e. The maximum absolute atomic E-state index is 12.4. The van der Waals surface area contributed by atoms with Crippen LogP contribution >= 0.6 is 0 Å². The Hall–Kier alpha value is -3.39. The number of nitriles is 1. The predicted molar refractivity (Wildman–Crippen MR) is 90.6 cm³/mol. The molecule has 3 aromatic rings. The lowest BCUT2D eigenvalue weighted by atomic mass is 10.1. The van der Waals surface area contributed by atoms with E-state index < -0.39 is 0 Å². The van der Waals surface area contributed by atoms with Crippen molar-refractivity contribution in [1.29, 1.82) is 5.26 Å². The summed E-state index contributed by atoms with van der Waals surface area (Å²) in [6.07, 6.45) is 1.58. The molecule has 1 heterocycles. The number of carbonyl (C=O) groups is 1.